The lowest BCUT2D eigenvalue weighted by atomic mass is 9.94. The Kier molecular flexibility index (Phi) is 4.03. The number of aryl methyl sites for hydroxylation is 2. The van der Waals surface area contributed by atoms with Crippen molar-refractivity contribution in [3.8, 4) is 11.5 Å². The van der Waals surface area contributed by atoms with Gasteiger partial charge in [0, 0.05) is 12.0 Å². The monoisotopic (exact) mass is 270 g/mol. The zero-order valence-corrected chi connectivity index (χ0v) is 12.6. The lowest BCUT2D eigenvalue weighted by molar-refractivity contribution is 0.464. The van der Waals surface area contributed by atoms with Crippen LogP contribution in [-0.2, 0) is 6.42 Å². The predicted octanol–water partition coefficient (Wildman–Crippen LogP) is 4.43. The summed E-state index contributed by atoms with van der Waals surface area (Å²) in [6.45, 7) is 8.13. The lowest BCUT2D eigenvalue weighted by Crippen LogP contribution is -1.96. The highest BCUT2D eigenvalue weighted by Crippen LogP contribution is 2.30. The van der Waals surface area contributed by atoms with E-state index < -0.39 is 0 Å². The van der Waals surface area contributed by atoms with E-state index in [1.807, 2.05) is 26.0 Å². The molecule has 0 aliphatic heterocycles. The van der Waals surface area contributed by atoms with Crippen molar-refractivity contribution in [2.75, 3.05) is 0 Å². The zero-order valence-electron chi connectivity index (χ0n) is 12.6. The van der Waals surface area contributed by atoms with Crippen LogP contribution >= 0.6 is 0 Å². The van der Waals surface area contributed by atoms with E-state index in [0.717, 1.165) is 27.8 Å². The maximum absolute atomic E-state index is 10.1. The molecule has 2 rings (SSSR count). The fourth-order valence-electron chi connectivity index (χ4n) is 2.59. The first kappa shape index (κ1) is 14.4. The van der Waals surface area contributed by atoms with Crippen molar-refractivity contribution in [2.24, 2.45) is 0 Å². The molecule has 0 spiro atoms. The number of phenolic OH excluding ortho intramolecular Hbond substituents is 2. The molecule has 0 amide bonds. The Balaban J connectivity index is 2.38. The van der Waals surface area contributed by atoms with E-state index in [-0.39, 0.29) is 5.92 Å². The highest BCUT2D eigenvalue weighted by molar-refractivity contribution is 5.46. The van der Waals surface area contributed by atoms with E-state index in [1.165, 1.54) is 0 Å². The van der Waals surface area contributed by atoms with Crippen LogP contribution in [0.4, 0.5) is 0 Å². The van der Waals surface area contributed by atoms with Crippen LogP contribution in [0, 0.1) is 13.8 Å². The predicted molar refractivity (Wildman–Crippen MR) is 82.6 cm³/mol. The summed E-state index contributed by atoms with van der Waals surface area (Å²) in [5.74, 6) is 0.970. The third-order valence-corrected chi connectivity index (χ3v) is 3.69. The van der Waals surface area contributed by atoms with E-state index >= 15 is 0 Å². The fraction of sp³-hybridized carbons (Fsp3) is 0.333. The molecule has 106 valence electrons. The normalized spacial score (nSPS) is 11.1. The van der Waals surface area contributed by atoms with Gasteiger partial charge >= 0.3 is 0 Å². The maximum atomic E-state index is 10.1. The summed E-state index contributed by atoms with van der Waals surface area (Å²) < 4.78 is 0. The van der Waals surface area contributed by atoms with E-state index in [0.29, 0.717) is 17.9 Å². The standard InChI is InChI=1S/C18H22O2/c1-11(2)15-9-14(5-6-17(15)19)10-16-13(4)7-12(3)8-18(16)20/h5-9,11,19-20H,10H2,1-4H3. The van der Waals surface area contributed by atoms with Gasteiger partial charge in [-0.1, -0.05) is 32.0 Å². The molecule has 2 aromatic rings. The Bertz CT molecular complexity index is 604. The number of hydrogen-bond acceptors (Lipinski definition) is 2. The van der Waals surface area contributed by atoms with Crippen molar-refractivity contribution in [3.63, 3.8) is 0 Å². The first-order valence-electron chi connectivity index (χ1n) is 6.99. The summed E-state index contributed by atoms with van der Waals surface area (Å²) in [7, 11) is 0. The number of hydrogen-bond donors (Lipinski definition) is 2. The summed E-state index contributed by atoms with van der Waals surface area (Å²) in [5, 5.41) is 20.0. The highest BCUT2D eigenvalue weighted by atomic mass is 16.3. The topological polar surface area (TPSA) is 40.5 Å². The average Bonchev–Trinajstić information content (AvgIpc) is 2.35. The van der Waals surface area contributed by atoms with Gasteiger partial charge < -0.3 is 10.2 Å². The molecule has 2 N–H and O–H groups in total. The molecule has 0 aliphatic rings. The molecule has 0 saturated heterocycles. The molecule has 2 aromatic carbocycles. The van der Waals surface area contributed by atoms with E-state index in [4.69, 9.17) is 0 Å². The second-order valence-electron chi connectivity index (χ2n) is 5.80. The number of rotatable bonds is 3. The van der Waals surface area contributed by atoms with Gasteiger partial charge in [0.15, 0.2) is 0 Å². The second-order valence-corrected chi connectivity index (χ2v) is 5.80. The Hall–Kier alpha value is -1.96. The van der Waals surface area contributed by atoms with Crippen LogP contribution in [-0.4, -0.2) is 10.2 Å². The maximum Gasteiger partial charge on any atom is 0.119 e. The molecular formula is C18H22O2. The largest absolute Gasteiger partial charge is 0.508 e. The van der Waals surface area contributed by atoms with Gasteiger partial charge in [-0.15, -0.1) is 0 Å². The number of aromatic hydroxyl groups is 2. The third kappa shape index (κ3) is 2.96. The van der Waals surface area contributed by atoms with Gasteiger partial charge in [-0.2, -0.15) is 0 Å². The molecule has 0 saturated carbocycles. The van der Waals surface area contributed by atoms with Crippen molar-refractivity contribution in [1.82, 2.24) is 0 Å². The molecule has 0 aromatic heterocycles. The van der Waals surface area contributed by atoms with Crippen molar-refractivity contribution in [2.45, 2.75) is 40.0 Å². The molecule has 0 aliphatic carbocycles. The molecule has 0 radical (unpaired) electrons. The minimum absolute atomic E-state index is 0.280. The first-order valence-corrected chi connectivity index (χ1v) is 6.99. The summed E-state index contributed by atoms with van der Waals surface area (Å²) in [6, 6.07) is 9.56. The molecule has 0 atom stereocenters. The molecule has 0 heterocycles. The Morgan fingerprint density at radius 3 is 2.25 bits per heavy atom. The fourth-order valence-corrected chi connectivity index (χ4v) is 2.59. The molecule has 0 bridgehead atoms. The lowest BCUT2D eigenvalue weighted by Gasteiger charge is -2.13. The Labute approximate surface area is 120 Å². The Morgan fingerprint density at radius 1 is 0.950 bits per heavy atom. The average molecular weight is 270 g/mol. The molecular weight excluding hydrogens is 248 g/mol. The van der Waals surface area contributed by atoms with Gasteiger partial charge in [0.2, 0.25) is 0 Å². The van der Waals surface area contributed by atoms with Crippen molar-refractivity contribution < 1.29 is 10.2 Å². The smallest absolute Gasteiger partial charge is 0.119 e. The van der Waals surface area contributed by atoms with Crippen LogP contribution in [0.2, 0.25) is 0 Å². The van der Waals surface area contributed by atoms with E-state index in [9.17, 15) is 10.2 Å². The summed E-state index contributed by atoms with van der Waals surface area (Å²) >= 11 is 0. The van der Waals surface area contributed by atoms with Crippen LogP contribution in [0.5, 0.6) is 11.5 Å². The Morgan fingerprint density at radius 2 is 1.65 bits per heavy atom. The van der Waals surface area contributed by atoms with Crippen LogP contribution in [0.25, 0.3) is 0 Å². The molecule has 0 fully saturated rings. The van der Waals surface area contributed by atoms with Gasteiger partial charge in [-0.3, -0.25) is 0 Å². The molecule has 2 heteroatoms. The van der Waals surface area contributed by atoms with E-state index in [1.54, 1.807) is 12.1 Å². The minimum atomic E-state index is 0.280. The molecule has 0 unspecified atom stereocenters. The second kappa shape index (κ2) is 5.58. The summed E-state index contributed by atoms with van der Waals surface area (Å²) in [6.07, 6.45) is 0.679. The summed E-state index contributed by atoms with van der Waals surface area (Å²) in [5.41, 5.74) is 5.18. The zero-order chi connectivity index (χ0) is 14.9. The van der Waals surface area contributed by atoms with Crippen LogP contribution in [0.1, 0.15) is 47.6 Å². The third-order valence-electron chi connectivity index (χ3n) is 3.69. The quantitative estimate of drug-likeness (QED) is 0.866. The van der Waals surface area contributed by atoms with Crippen LogP contribution in [0.3, 0.4) is 0 Å². The number of phenols is 2. The van der Waals surface area contributed by atoms with Gasteiger partial charge in [0.05, 0.1) is 0 Å². The van der Waals surface area contributed by atoms with Crippen molar-refractivity contribution in [1.29, 1.82) is 0 Å². The highest BCUT2D eigenvalue weighted by Gasteiger charge is 2.10. The van der Waals surface area contributed by atoms with E-state index in [2.05, 4.69) is 19.9 Å². The van der Waals surface area contributed by atoms with Gasteiger partial charge in [0.1, 0.15) is 11.5 Å². The van der Waals surface area contributed by atoms with Gasteiger partial charge in [0.25, 0.3) is 0 Å². The first-order chi connectivity index (χ1) is 9.38. The molecule has 2 nitrogen and oxygen atoms in total. The van der Waals surface area contributed by atoms with Gasteiger partial charge in [-0.05, 0) is 54.2 Å². The van der Waals surface area contributed by atoms with Crippen molar-refractivity contribution in [3.05, 3.63) is 58.1 Å². The van der Waals surface area contributed by atoms with Gasteiger partial charge in [-0.25, -0.2) is 0 Å². The number of benzene rings is 2. The van der Waals surface area contributed by atoms with Crippen LogP contribution < -0.4 is 0 Å². The summed E-state index contributed by atoms with van der Waals surface area (Å²) in [4.78, 5) is 0. The molecule has 20 heavy (non-hydrogen) atoms. The minimum Gasteiger partial charge on any atom is -0.508 e. The SMILES string of the molecule is Cc1cc(C)c(Cc2ccc(O)c(C(C)C)c2)c(O)c1. The van der Waals surface area contributed by atoms with Crippen molar-refractivity contribution >= 4 is 0 Å². The van der Waals surface area contributed by atoms with Crippen LogP contribution in [0.15, 0.2) is 30.3 Å².